The maximum absolute atomic E-state index is 4.20. The fourth-order valence-electron chi connectivity index (χ4n) is 1.33. The van der Waals surface area contributed by atoms with Gasteiger partial charge in [-0.25, -0.2) is 4.68 Å². The lowest BCUT2D eigenvalue weighted by molar-refractivity contribution is 0.678. The van der Waals surface area contributed by atoms with Gasteiger partial charge in [0, 0.05) is 12.2 Å². The fraction of sp³-hybridized carbons (Fsp3) is 0.444. The average molecular weight is 347 g/mol. The van der Waals surface area contributed by atoms with Crippen LogP contribution in [0.5, 0.6) is 0 Å². The van der Waals surface area contributed by atoms with Crippen LogP contribution in [0.4, 0.5) is 0 Å². The highest BCUT2D eigenvalue weighted by Crippen LogP contribution is 2.20. The highest BCUT2D eigenvalue weighted by Gasteiger charge is 2.20. The first-order chi connectivity index (χ1) is 7.81. The van der Waals surface area contributed by atoms with Gasteiger partial charge in [-0.3, -0.25) is 0 Å². The van der Waals surface area contributed by atoms with Crippen LogP contribution < -0.4 is 5.32 Å². The van der Waals surface area contributed by atoms with Crippen molar-refractivity contribution in [1.82, 2.24) is 25.3 Å². The zero-order chi connectivity index (χ0) is 11.0. The maximum atomic E-state index is 4.20. The van der Waals surface area contributed by atoms with E-state index in [1.54, 1.807) is 16.0 Å². The van der Waals surface area contributed by atoms with Crippen LogP contribution in [0.2, 0.25) is 0 Å². The third kappa shape index (κ3) is 2.41. The number of nitrogens with one attached hydrogen (secondary N) is 1. The molecule has 0 amide bonds. The van der Waals surface area contributed by atoms with Gasteiger partial charge in [0.05, 0.1) is 16.3 Å². The third-order valence-corrected chi connectivity index (χ3v) is 3.79. The van der Waals surface area contributed by atoms with Gasteiger partial charge in [0.1, 0.15) is 5.01 Å². The smallest absolute Gasteiger partial charge is 0.232 e. The van der Waals surface area contributed by atoms with E-state index < -0.39 is 0 Å². The number of nitrogens with zero attached hydrogens (tertiary/aromatic N) is 4. The minimum Gasteiger partial charge on any atom is -0.308 e. The van der Waals surface area contributed by atoms with Crippen molar-refractivity contribution in [2.75, 3.05) is 0 Å². The summed E-state index contributed by atoms with van der Waals surface area (Å²) in [5, 5.41) is 17.7. The Bertz CT molecular complexity index is 490. The molecule has 0 atom stereocenters. The zero-order valence-electron chi connectivity index (χ0n) is 8.43. The predicted octanol–water partition coefficient (Wildman–Crippen LogP) is 1.58. The van der Waals surface area contributed by atoms with E-state index in [0.29, 0.717) is 6.04 Å². The highest BCUT2D eigenvalue weighted by molar-refractivity contribution is 14.1. The second-order valence-electron chi connectivity index (χ2n) is 3.74. The van der Waals surface area contributed by atoms with Crippen LogP contribution in [0.3, 0.4) is 0 Å². The van der Waals surface area contributed by atoms with E-state index in [-0.39, 0.29) is 0 Å². The van der Waals surface area contributed by atoms with Crippen molar-refractivity contribution in [3.8, 4) is 5.13 Å². The molecule has 0 bridgehead atoms. The van der Waals surface area contributed by atoms with Gasteiger partial charge in [-0.1, -0.05) is 11.3 Å². The molecule has 2 aromatic heterocycles. The largest absolute Gasteiger partial charge is 0.308 e. The normalized spacial score (nSPS) is 15.6. The van der Waals surface area contributed by atoms with E-state index in [2.05, 4.69) is 43.2 Å². The Balaban J connectivity index is 1.71. The van der Waals surface area contributed by atoms with Crippen LogP contribution >= 0.6 is 33.9 Å². The van der Waals surface area contributed by atoms with Crippen molar-refractivity contribution in [3.63, 3.8) is 0 Å². The molecule has 1 aliphatic rings. The molecule has 2 aromatic rings. The summed E-state index contributed by atoms with van der Waals surface area (Å²) in [5.41, 5.74) is 0. The summed E-state index contributed by atoms with van der Waals surface area (Å²) in [7, 11) is 0. The van der Waals surface area contributed by atoms with Gasteiger partial charge in [-0.2, -0.15) is 5.10 Å². The molecule has 1 aliphatic carbocycles. The van der Waals surface area contributed by atoms with Crippen molar-refractivity contribution >= 4 is 33.9 Å². The molecule has 7 heteroatoms. The Morgan fingerprint density at radius 3 is 3.06 bits per heavy atom. The molecule has 3 rings (SSSR count). The zero-order valence-corrected chi connectivity index (χ0v) is 11.4. The summed E-state index contributed by atoms with van der Waals surface area (Å²) >= 11 is 3.81. The SMILES string of the molecule is Ic1cnn(-c2nnc(CNC3CC3)s2)c1. The van der Waals surface area contributed by atoms with E-state index >= 15 is 0 Å². The molecule has 0 spiro atoms. The molecule has 5 nitrogen and oxygen atoms in total. The van der Waals surface area contributed by atoms with Crippen LogP contribution in [-0.2, 0) is 6.54 Å². The van der Waals surface area contributed by atoms with Gasteiger partial charge in [-0.05, 0) is 35.4 Å². The van der Waals surface area contributed by atoms with Gasteiger partial charge in [0.15, 0.2) is 0 Å². The Morgan fingerprint density at radius 1 is 1.50 bits per heavy atom. The Hall–Kier alpha value is -0.540. The van der Waals surface area contributed by atoms with Crippen LogP contribution in [0.15, 0.2) is 12.4 Å². The lowest BCUT2D eigenvalue weighted by atomic mass is 10.6. The number of aromatic nitrogens is 4. The molecule has 0 radical (unpaired) electrons. The van der Waals surface area contributed by atoms with Crippen LogP contribution in [0.1, 0.15) is 17.8 Å². The molecular formula is C9H10IN5S. The number of halogens is 1. The van der Waals surface area contributed by atoms with Gasteiger partial charge >= 0.3 is 0 Å². The molecule has 2 heterocycles. The van der Waals surface area contributed by atoms with Crippen LogP contribution in [0, 0.1) is 3.57 Å². The van der Waals surface area contributed by atoms with E-state index in [4.69, 9.17) is 0 Å². The summed E-state index contributed by atoms with van der Waals surface area (Å²) in [6.45, 7) is 0.820. The lowest BCUT2D eigenvalue weighted by Crippen LogP contribution is -2.14. The molecule has 0 aliphatic heterocycles. The minimum atomic E-state index is 0.706. The van der Waals surface area contributed by atoms with Crippen molar-refractivity contribution in [2.45, 2.75) is 25.4 Å². The highest BCUT2D eigenvalue weighted by atomic mass is 127. The molecule has 1 saturated carbocycles. The topological polar surface area (TPSA) is 55.6 Å². The van der Waals surface area contributed by atoms with Crippen molar-refractivity contribution in [1.29, 1.82) is 0 Å². The van der Waals surface area contributed by atoms with Crippen molar-refractivity contribution < 1.29 is 0 Å². The molecular weight excluding hydrogens is 337 g/mol. The fourth-order valence-corrected chi connectivity index (χ4v) is 2.44. The molecule has 84 valence electrons. The minimum absolute atomic E-state index is 0.706. The molecule has 0 aromatic carbocycles. The second-order valence-corrected chi connectivity index (χ2v) is 6.02. The third-order valence-electron chi connectivity index (χ3n) is 2.32. The summed E-state index contributed by atoms with van der Waals surface area (Å²) < 4.78 is 2.87. The monoisotopic (exact) mass is 347 g/mol. The summed E-state index contributed by atoms with van der Waals surface area (Å²) in [6.07, 6.45) is 6.34. The van der Waals surface area contributed by atoms with Gasteiger partial charge in [0.25, 0.3) is 0 Å². The Kier molecular flexibility index (Phi) is 2.90. The Labute approximate surface area is 110 Å². The molecule has 16 heavy (non-hydrogen) atoms. The van der Waals surface area contributed by atoms with Gasteiger partial charge in [0.2, 0.25) is 5.13 Å². The first-order valence-corrected chi connectivity index (χ1v) is 6.97. The molecule has 1 fully saturated rings. The number of hydrogen-bond donors (Lipinski definition) is 1. The lowest BCUT2D eigenvalue weighted by Gasteiger charge is -1.95. The first kappa shape index (κ1) is 10.6. The maximum Gasteiger partial charge on any atom is 0.232 e. The molecule has 0 unspecified atom stereocenters. The number of rotatable bonds is 4. The van der Waals surface area contributed by atoms with Crippen LogP contribution in [0.25, 0.3) is 5.13 Å². The van der Waals surface area contributed by atoms with E-state index in [9.17, 15) is 0 Å². The quantitative estimate of drug-likeness (QED) is 0.854. The standard InChI is InChI=1S/C9H10IN5S/c10-6-3-12-15(5-6)9-14-13-8(16-9)4-11-7-1-2-7/h3,5,7,11H,1-2,4H2. The Morgan fingerprint density at radius 2 is 2.38 bits per heavy atom. The molecule has 0 saturated heterocycles. The molecule has 1 N–H and O–H groups in total. The predicted molar refractivity (Wildman–Crippen MR) is 69.6 cm³/mol. The van der Waals surface area contributed by atoms with Crippen molar-refractivity contribution in [2.24, 2.45) is 0 Å². The average Bonchev–Trinajstić information content (AvgIpc) is 2.81. The van der Waals surface area contributed by atoms with Gasteiger partial charge < -0.3 is 5.32 Å². The van der Waals surface area contributed by atoms with E-state index in [1.807, 2.05) is 12.4 Å². The van der Waals surface area contributed by atoms with Crippen molar-refractivity contribution in [3.05, 3.63) is 21.0 Å². The first-order valence-electron chi connectivity index (χ1n) is 5.07. The second kappa shape index (κ2) is 4.38. The number of hydrogen-bond acceptors (Lipinski definition) is 5. The van der Waals surface area contributed by atoms with E-state index in [1.165, 1.54) is 12.8 Å². The van der Waals surface area contributed by atoms with E-state index in [0.717, 1.165) is 20.3 Å². The summed E-state index contributed by atoms with van der Waals surface area (Å²) in [5.74, 6) is 0. The summed E-state index contributed by atoms with van der Waals surface area (Å²) in [6, 6.07) is 0.706. The van der Waals surface area contributed by atoms with Crippen LogP contribution in [-0.4, -0.2) is 26.0 Å². The summed E-state index contributed by atoms with van der Waals surface area (Å²) in [4.78, 5) is 0. The van der Waals surface area contributed by atoms with Gasteiger partial charge in [-0.15, -0.1) is 10.2 Å².